The molecule has 1 unspecified atom stereocenters. The number of hydrogen-bond acceptors (Lipinski definition) is 4. The molecule has 1 aliphatic rings. The van der Waals surface area contributed by atoms with Crippen molar-refractivity contribution >= 4 is 0 Å². The monoisotopic (exact) mass is 313 g/mol. The standard InChI is InChI=1S/C18H27N5/c1-13(2)22-9-5-6-15(12-22)16-10-20-17(11-19-16)18-7-8-21-23(18)14(3)4/h7-8,10-11,13-15H,5-6,9,12H2,1-4H3. The van der Waals surface area contributed by atoms with Crippen LogP contribution in [0.5, 0.6) is 0 Å². The Morgan fingerprint density at radius 1 is 1.09 bits per heavy atom. The zero-order chi connectivity index (χ0) is 16.4. The van der Waals surface area contributed by atoms with E-state index >= 15 is 0 Å². The maximum absolute atomic E-state index is 4.72. The van der Waals surface area contributed by atoms with Gasteiger partial charge in [0.1, 0.15) is 5.69 Å². The normalized spacial score (nSPS) is 19.7. The first-order chi connectivity index (χ1) is 11.1. The van der Waals surface area contributed by atoms with Crippen molar-refractivity contribution < 1.29 is 0 Å². The molecule has 124 valence electrons. The Morgan fingerprint density at radius 2 is 1.91 bits per heavy atom. The Labute approximate surface area is 138 Å². The third-order valence-electron chi connectivity index (χ3n) is 4.70. The first-order valence-corrected chi connectivity index (χ1v) is 8.66. The molecular weight excluding hydrogens is 286 g/mol. The molecule has 5 nitrogen and oxygen atoms in total. The third-order valence-corrected chi connectivity index (χ3v) is 4.70. The second-order valence-electron chi connectivity index (χ2n) is 7.01. The van der Waals surface area contributed by atoms with Gasteiger partial charge in [0.2, 0.25) is 0 Å². The van der Waals surface area contributed by atoms with Crippen molar-refractivity contribution in [1.82, 2.24) is 24.6 Å². The Bertz CT molecular complexity index is 629. The maximum Gasteiger partial charge on any atom is 0.107 e. The summed E-state index contributed by atoms with van der Waals surface area (Å²) in [6, 6.07) is 2.93. The number of nitrogens with zero attached hydrogens (tertiary/aromatic N) is 5. The summed E-state index contributed by atoms with van der Waals surface area (Å²) in [4.78, 5) is 11.9. The molecule has 0 aliphatic carbocycles. The topological polar surface area (TPSA) is 46.8 Å². The van der Waals surface area contributed by atoms with Crippen LogP contribution in [0.15, 0.2) is 24.7 Å². The molecule has 0 amide bonds. The molecule has 0 spiro atoms. The predicted molar refractivity (Wildman–Crippen MR) is 92.3 cm³/mol. The van der Waals surface area contributed by atoms with Gasteiger partial charge in [-0.15, -0.1) is 0 Å². The molecule has 0 radical (unpaired) electrons. The van der Waals surface area contributed by atoms with E-state index in [1.54, 1.807) is 0 Å². The molecule has 0 N–H and O–H groups in total. The summed E-state index contributed by atoms with van der Waals surface area (Å²) in [5, 5.41) is 4.38. The van der Waals surface area contributed by atoms with E-state index in [-0.39, 0.29) is 0 Å². The number of likely N-dealkylation sites (tertiary alicyclic amines) is 1. The van der Waals surface area contributed by atoms with Crippen LogP contribution >= 0.6 is 0 Å². The Hall–Kier alpha value is -1.75. The SMILES string of the molecule is CC(C)N1CCCC(c2cnc(-c3ccnn3C(C)C)cn2)C1. The smallest absolute Gasteiger partial charge is 0.107 e. The number of rotatable bonds is 4. The summed E-state index contributed by atoms with van der Waals surface area (Å²) in [7, 11) is 0. The number of hydrogen-bond donors (Lipinski definition) is 0. The van der Waals surface area contributed by atoms with Gasteiger partial charge in [0, 0.05) is 36.9 Å². The van der Waals surface area contributed by atoms with Crippen molar-refractivity contribution in [2.45, 2.75) is 58.5 Å². The minimum Gasteiger partial charge on any atom is -0.300 e. The second-order valence-corrected chi connectivity index (χ2v) is 7.01. The van der Waals surface area contributed by atoms with Crippen LogP contribution in [0.2, 0.25) is 0 Å². The van der Waals surface area contributed by atoms with Crippen LogP contribution in [0, 0.1) is 0 Å². The van der Waals surface area contributed by atoms with Gasteiger partial charge in [-0.05, 0) is 53.1 Å². The summed E-state index contributed by atoms with van der Waals surface area (Å²) < 4.78 is 1.99. The lowest BCUT2D eigenvalue weighted by Gasteiger charge is -2.35. The van der Waals surface area contributed by atoms with Crippen molar-refractivity contribution in [3.8, 4) is 11.4 Å². The van der Waals surface area contributed by atoms with Gasteiger partial charge >= 0.3 is 0 Å². The summed E-state index contributed by atoms with van der Waals surface area (Å²) in [6.45, 7) is 11.1. The molecule has 3 heterocycles. The van der Waals surface area contributed by atoms with Gasteiger partial charge in [-0.1, -0.05) is 0 Å². The highest BCUT2D eigenvalue weighted by Gasteiger charge is 2.24. The average molecular weight is 313 g/mol. The van der Waals surface area contributed by atoms with Crippen molar-refractivity contribution in [3.05, 3.63) is 30.4 Å². The van der Waals surface area contributed by atoms with Crippen LogP contribution in [0.1, 0.15) is 58.2 Å². The summed E-state index contributed by atoms with van der Waals surface area (Å²) in [5.41, 5.74) is 3.05. The Kier molecular flexibility index (Phi) is 4.76. The minimum absolute atomic E-state index is 0.319. The lowest BCUT2D eigenvalue weighted by Crippen LogP contribution is -2.39. The molecule has 0 saturated carbocycles. The quantitative estimate of drug-likeness (QED) is 0.866. The van der Waals surface area contributed by atoms with Crippen molar-refractivity contribution in [3.63, 3.8) is 0 Å². The second kappa shape index (κ2) is 6.79. The van der Waals surface area contributed by atoms with E-state index in [2.05, 4.69) is 42.7 Å². The number of aromatic nitrogens is 4. The van der Waals surface area contributed by atoms with E-state index in [1.807, 2.05) is 29.3 Å². The van der Waals surface area contributed by atoms with Crippen LogP contribution in [-0.4, -0.2) is 43.8 Å². The van der Waals surface area contributed by atoms with Gasteiger partial charge < -0.3 is 4.90 Å². The molecule has 1 saturated heterocycles. The lowest BCUT2D eigenvalue weighted by molar-refractivity contribution is 0.166. The van der Waals surface area contributed by atoms with Gasteiger partial charge in [0.15, 0.2) is 0 Å². The van der Waals surface area contributed by atoms with Crippen LogP contribution in [0.4, 0.5) is 0 Å². The zero-order valence-electron chi connectivity index (χ0n) is 14.6. The molecule has 0 bridgehead atoms. The van der Waals surface area contributed by atoms with E-state index < -0.39 is 0 Å². The summed E-state index contributed by atoms with van der Waals surface area (Å²) >= 11 is 0. The highest BCUT2D eigenvalue weighted by atomic mass is 15.3. The maximum atomic E-state index is 4.72. The highest BCUT2D eigenvalue weighted by Crippen LogP contribution is 2.27. The van der Waals surface area contributed by atoms with E-state index in [0.29, 0.717) is 18.0 Å². The lowest BCUT2D eigenvalue weighted by atomic mass is 9.94. The highest BCUT2D eigenvalue weighted by molar-refractivity contribution is 5.52. The Morgan fingerprint density at radius 3 is 2.57 bits per heavy atom. The first kappa shape index (κ1) is 16.1. The van der Waals surface area contributed by atoms with Gasteiger partial charge in [0.05, 0.1) is 17.6 Å². The van der Waals surface area contributed by atoms with Gasteiger partial charge in [-0.2, -0.15) is 5.10 Å². The van der Waals surface area contributed by atoms with Crippen molar-refractivity contribution in [2.24, 2.45) is 0 Å². The third kappa shape index (κ3) is 3.44. The van der Waals surface area contributed by atoms with Gasteiger partial charge in [-0.3, -0.25) is 14.6 Å². The Balaban J connectivity index is 1.78. The van der Waals surface area contributed by atoms with E-state index in [9.17, 15) is 0 Å². The van der Waals surface area contributed by atoms with E-state index in [1.165, 1.54) is 19.4 Å². The minimum atomic E-state index is 0.319. The molecule has 0 aromatic carbocycles. The van der Waals surface area contributed by atoms with Crippen molar-refractivity contribution in [2.75, 3.05) is 13.1 Å². The van der Waals surface area contributed by atoms with Crippen LogP contribution in [0.25, 0.3) is 11.4 Å². The molecule has 3 rings (SSSR count). The molecule has 5 heteroatoms. The average Bonchev–Trinajstić information content (AvgIpc) is 3.05. The molecular formula is C18H27N5. The molecule has 2 aromatic heterocycles. The summed E-state index contributed by atoms with van der Waals surface area (Å²) in [5.74, 6) is 0.503. The van der Waals surface area contributed by atoms with Gasteiger partial charge in [-0.25, -0.2) is 0 Å². The number of piperidine rings is 1. The molecule has 2 aromatic rings. The van der Waals surface area contributed by atoms with Crippen molar-refractivity contribution in [1.29, 1.82) is 0 Å². The molecule has 1 atom stereocenters. The molecule has 1 aliphatic heterocycles. The molecule has 1 fully saturated rings. The first-order valence-electron chi connectivity index (χ1n) is 8.66. The molecule has 23 heavy (non-hydrogen) atoms. The largest absolute Gasteiger partial charge is 0.300 e. The van der Waals surface area contributed by atoms with Crippen LogP contribution in [0.3, 0.4) is 0 Å². The fourth-order valence-corrected chi connectivity index (χ4v) is 3.33. The summed E-state index contributed by atoms with van der Waals surface area (Å²) in [6.07, 6.45) is 8.14. The van der Waals surface area contributed by atoms with E-state index in [0.717, 1.165) is 23.6 Å². The van der Waals surface area contributed by atoms with Crippen LogP contribution < -0.4 is 0 Å². The fourth-order valence-electron chi connectivity index (χ4n) is 3.33. The van der Waals surface area contributed by atoms with Crippen LogP contribution in [-0.2, 0) is 0 Å². The zero-order valence-corrected chi connectivity index (χ0v) is 14.6. The van der Waals surface area contributed by atoms with E-state index in [4.69, 9.17) is 4.98 Å². The fraction of sp³-hybridized carbons (Fsp3) is 0.611. The van der Waals surface area contributed by atoms with Gasteiger partial charge in [0.25, 0.3) is 0 Å². The predicted octanol–water partition coefficient (Wildman–Crippen LogP) is 3.51.